The van der Waals surface area contributed by atoms with Gasteiger partial charge in [0.1, 0.15) is 18.2 Å². The van der Waals surface area contributed by atoms with Crippen molar-refractivity contribution < 1.29 is 37.8 Å². The molecule has 0 radical (unpaired) electrons. The highest BCUT2D eigenvalue weighted by molar-refractivity contribution is 5.93. The van der Waals surface area contributed by atoms with Crippen LogP contribution in [0.1, 0.15) is 12.5 Å². The Hall–Kier alpha value is -3.25. The summed E-state index contributed by atoms with van der Waals surface area (Å²) in [6, 6.07) is 3.92. The van der Waals surface area contributed by atoms with Crippen molar-refractivity contribution in [3.8, 4) is 5.75 Å². The van der Waals surface area contributed by atoms with Crippen molar-refractivity contribution in [2.45, 2.75) is 6.92 Å². The Morgan fingerprint density at radius 3 is 2.40 bits per heavy atom. The summed E-state index contributed by atoms with van der Waals surface area (Å²) in [6.07, 6.45) is 4.41. The van der Waals surface area contributed by atoms with Gasteiger partial charge in [0.15, 0.2) is 0 Å². The lowest BCUT2D eigenvalue weighted by Gasteiger charge is -2.08. The normalized spacial score (nSPS) is 10.3. The standard InChI is InChI=1S/C16H17FO5.CO2/c1-11(16(19)21-3)9-12-10-13(17)6-7-14(12)22-8-4-5-15(18)20-2;2-1-3/h4-7,9-10H,8H2,1-3H3;/b5-4+,11-9+;. The average Bonchev–Trinajstić information content (AvgIpc) is 2.59. The summed E-state index contributed by atoms with van der Waals surface area (Å²) >= 11 is 0. The maximum Gasteiger partial charge on any atom is 0.373 e. The Morgan fingerprint density at radius 2 is 1.84 bits per heavy atom. The van der Waals surface area contributed by atoms with E-state index in [0.29, 0.717) is 16.9 Å². The first kappa shape index (κ1) is 21.8. The van der Waals surface area contributed by atoms with Crippen molar-refractivity contribution in [1.29, 1.82) is 0 Å². The number of ether oxygens (including phenoxy) is 3. The number of carbonyl (C=O) groups excluding carboxylic acids is 4. The van der Waals surface area contributed by atoms with Gasteiger partial charge in [0.25, 0.3) is 0 Å². The molecule has 0 atom stereocenters. The fourth-order valence-corrected chi connectivity index (χ4v) is 1.57. The molecule has 0 heterocycles. The maximum absolute atomic E-state index is 13.3. The van der Waals surface area contributed by atoms with Gasteiger partial charge < -0.3 is 14.2 Å². The number of benzene rings is 1. The van der Waals surface area contributed by atoms with Crippen LogP contribution in [0.25, 0.3) is 6.08 Å². The van der Waals surface area contributed by atoms with Crippen molar-refractivity contribution >= 4 is 24.2 Å². The highest BCUT2D eigenvalue weighted by atomic mass is 19.1. The zero-order valence-corrected chi connectivity index (χ0v) is 13.9. The highest BCUT2D eigenvalue weighted by Gasteiger charge is 2.08. The summed E-state index contributed by atoms with van der Waals surface area (Å²) in [7, 11) is 2.53. The van der Waals surface area contributed by atoms with Crippen molar-refractivity contribution in [1.82, 2.24) is 0 Å². The first-order valence-electron chi connectivity index (χ1n) is 6.82. The average molecular weight is 352 g/mol. The number of methoxy groups -OCH3 is 2. The molecule has 0 N–H and O–H groups in total. The number of halogens is 1. The second-order valence-electron chi connectivity index (χ2n) is 4.32. The maximum atomic E-state index is 13.3. The van der Waals surface area contributed by atoms with Gasteiger partial charge in [-0.25, -0.2) is 14.0 Å². The lowest BCUT2D eigenvalue weighted by Crippen LogP contribution is -2.02. The smallest absolute Gasteiger partial charge is 0.373 e. The fourth-order valence-electron chi connectivity index (χ4n) is 1.57. The molecule has 0 unspecified atom stereocenters. The van der Waals surface area contributed by atoms with Gasteiger partial charge in [0, 0.05) is 17.2 Å². The number of hydrogen-bond donors (Lipinski definition) is 0. The van der Waals surface area contributed by atoms with Gasteiger partial charge in [-0.1, -0.05) is 0 Å². The molecule has 0 amide bonds. The molecule has 7 nitrogen and oxygen atoms in total. The van der Waals surface area contributed by atoms with Crippen LogP contribution in [0.4, 0.5) is 4.39 Å². The number of esters is 2. The second-order valence-corrected chi connectivity index (χ2v) is 4.32. The van der Waals surface area contributed by atoms with Crippen molar-refractivity contribution in [3.05, 3.63) is 47.3 Å². The van der Waals surface area contributed by atoms with E-state index in [1.54, 1.807) is 6.92 Å². The summed E-state index contributed by atoms with van der Waals surface area (Å²) in [4.78, 5) is 38.6. The number of carbonyl (C=O) groups is 2. The van der Waals surface area contributed by atoms with Gasteiger partial charge >= 0.3 is 18.1 Å². The molecule has 0 aliphatic rings. The van der Waals surface area contributed by atoms with Gasteiger partial charge in [0.05, 0.1) is 14.2 Å². The summed E-state index contributed by atoms with van der Waals surface area (Å²) in [5.74, 6) is -1.09. The van der Waals surface area contributed by atoms with E-state index in [9.17, 15) is 14.0 Å². The van der Waals surface area contributed by atoms with Crippen molar-refractivity contribution in [2.75, 3.05) is 20.8 Å². The van der Waals surface area contributed by atoms with E-state index in [1.807, 2.05) is 0 Å². The van der Waals surface area contributed by atoms with Crippen LogP contribution < -0.4 is 4.74 Å². The summed E-state index contributed by atoms with van der Waals surface area (Å²) < 4.78 is 27.8. The predicted molar refractivity (Wildman–Crippen MR) is 83.7 cm³/mol. The topological polar surface area (TPSA) is 96.0 Å². The monoisotopic (exact) mass is 352 g/mol. The van der Waals surface area contributed by atoms with Crippen LogP contribution in [-0.2, 0) is 28.7 Å². The molecule has 0 saturated heterocycles. The van der Waals surface area contributed by atoms with Crippen LogP contribution >= 0.6 is 0 Å². The van der Waals surface area contributed by atoms with E-state index in [4.69, 9.17) is 14.3 Å². The van der Waals surface area contributed by atoms with E-state index in [-0.39, 0.29) is 12.8 Å². The van der Waals surface area contributed by atoms with Crippen molar-refractivity contribution in [3.63, 3.8) is 0 Å². The molecule has 0 saturated carbocycles. The molecule has 8 heteroatoms. The minimum atomic E-state index is -0.513. The molecule has 0 spiro atoms. The SMILES string of the molecule is COC(=O)/C=C/COc1ccc(F)cc1/C=C(\C)C(=O)OC.O=C=O. The minimum Gasteiger partial charge on any atom is -0.489 e. The zero-order valence-electron chi connectivity index (χ0n) is 13.9. The lowest BCUT2D eigenvalue weighted by molar-refractivity contribution is -0.191. The zero-order chi connectivity index (χ0) is 19.2. The minimum absolute atomic E-state index is 0.0961. The van der Waals surface area contributed by atoms with E-state index in [2.05, 4.69) is 9.47 Å². The van der Waals surface area contributed by atoms with Crippen LogP contribution in [-0.4, -0.2) is 38.9 Å². The molecule has 0 aliphatic carbocycles. The van der Waals surface area contributed by atoms with Crippen LogP contribution in [0, 0.1) is 5.82 Å². The molecular formula is C17H17FO7. The van der Waals surface area contributed by atoms with Crippen LogP contribution in [0.5, 0.6) is 5.75 Å². The molecule has 1 aromatic carbocycles. The van der Waals surface area contributed by atoms with E-state index < -0.39 is 17.8 Å². The Kier molecular flexibility index (Phi) is 10.6. The first-order chi connectivity index (χ1) is 11.9. The molecule has 0 aliphatic heterocycles. The van der Waals surface area contributed by atoms with Gasteiger partial charge in [-0.2, -0.15) is 9.59 Å². The molecule has 0 fully saturated rings. The van der Waals surface area contributed by atoms with Gasteiger partial charge in [-0.3, -0.25) is 0 Å². The van der Waals surface area contributed by atoms with Crippen LogP contribution in [0.15, 0.2) is 35.9 Å². The molecule has 134 valence electrons. The third kappa shape index (κ3) is 8.83. The summed E-state index contributed by atoms with van der Waals surface area (Å²) in [5, 5.41) is 0. The molecular weight excluding hydrogens is 335 g/mol. The quantitative estimate of drug-likeness (QED) is 0.570. The number of rotatable bonds is 6. The fraction of sp³-hybridized carbons (Fsp3) is 0.235. The van der Waals surface area contributed by atoms with Crippen LogP contribution in [0.3, 0.4) is 0 Å². The summed E-state index contributed by atoms with van der Waals surface area (Å²) in [5.41, 5.74) is 0.706. The predicted octanol–water partition coefficient (Wildman–Crippen LogP) is 1.93. The molecule has 1 aromatic rings. The lowest BCUT2D eigenvalue weighted by atomic mass is 10.1. The molecule has 0 bridgehead atoms. The van der Waals surface area contributed by atoms with Crippen molar-refractivity contribution in [2.24, 2.45) is 0 Å². The van der Waals surface area contributed by atoms with Gasteiger partial charge in [-0.15, -0.1) is 0 Å². The third-order valence-electron chi connectivity index (χ3n) is 2.64. The Balaban J connectivity index is 0.00000178. The van der Waals surface area contributed by atoms with E-state index in [0.717, 1.165) is 0 Å². The molecule has 25 heavy (non-hydrogen) atoms. The first-order valence-corrected chi connectivity index (χ1v) is 6.82. The summed E-state index contributed by atoms with van der Waals surface area (Å²) in [6.45, 7) is 1.65. The molecule has 0 aromatic heterocycles. The Morgan fingerprint density at radius 1 is 1.20 bits per heavy atom. The highest BCUT2D eigenvalue weighted by Crippen LogP contribution is 2.23. The van der Waals surface area contributed by atoms with Gasteiger partial charge in [0.2, 0.25) is 0 Å². The number of hydrogen-bond acceptors (Lipinski definition) is 7. The molecule has 1 rings (SSSR count). The second kappa shape index (κ2) is 12.2. The Bertz CT molecular complexity index is 686. The van der Waals surface area contributed by atoms with Gasteiger partial charge in [-0.05, 0) is 37.3 Å². The Labute approximate surface area is 143 Å². The third-order valence-corrected chi connectivity index (χ3v) is 2.64. The van der Waals surface area contributed by atoms with Crippen LogP contribution in [0.2, 0.25) is 0 Å². The van der Waals surface area contributed by atoms with E-state index >= 15 is 0 Å². The largest absolute Gasteiger partial charge is 0.489 e. The van der Waals surface area contributed by atoms with E-state index in [1.165, 1.54) is 50.6 Å².